The first-order valence-corrected chi connectivity index (χ1v) is 7.69. The van der Waals surface area contributed by atoms with Gasteiger partial charge in [0.2, 0.25) is 5.91 Å². The summed E-state index contributed by atoms with van der Waals surface area (Å²) >= 11 is 9.38. The van der Waals surface area contributed by atoms with Crippen molar-refractivity contribution in [1.29, 1.82) is 0 Å². The van der Waals surface area contributed by atoms with Crippen LogP contribution in [0, 0.1) is 5.92 Å². The first kappa shape index (κ1) is 14.8. The maximum Gasteiger partial charge on any atom is 0.226 e. The second-order valence-corrected chi connectivity index (χ2v) is 6.25. The Morgan fingerprint density at radius 1 is 1.42 bits per heavy atom. The van der Waals surface area contributed by atoms with Crippen LogP contribution in [0.1, 0.15) is 18.4 Å². The molecule has 2 N–H and O–H groups in total. The van der Waals surface area contributed by atoms with E-state index in [2.05, 4.69) is 15.9 Å². The molecule has 0 spiro atoms. The number of likely N-dealkylation sites (tertiary alicyclic amines) is 1. The van der Waals surface area contributed by atoms with Crippen molar-refractivity contribution in [2.75, 3.05) is 19.6 Å². The molecule has 1 aromatic rings. The predicted molar refractivity (Wildman–Crippen MR) is 81.2 cm³/mol. The number of carbonyl (C=O) groups is 1. The molecule has 104 valence electrons. The van der Waals surface area contributed by atoms with Gasteiger partial charge in [-0.25, -0.2) is 0 Å². The van der Waals surface area contributed by atoms with Gasteiger partial charge in [0.25, 0.3) is 0 Å². The number of carbonyl (C=O) groups excluding carboxylic acids is 1. The van der Waals surface area contributed by atoms with Gasteiger partial charge in [-0.1, -0.05) is 17.7 Å². The second kappa shape index (κ2) is 6.73. The molecule has 1 fully saturated rings. The Balaban J connectivity index is 1.92. The van der Waals surface area contributed by atoms with Gasteiger partial charge in [-0.3, -0.25) is 4.79 Å². The van der Waals surface area contributed by atoms with Crippen molar-refractivity contribution in [3.8, 4) is 0 Å². The van der Waals surface area contributed by atoms with E-state index < -0.39 is 0 Å². The Hall–Kier alpha value is -0.580. The smallest absolute Gasteiger partial charge is 0.226 e. The molecular weight excluding hydrogens is 328 g/mol. The van der Waals surface area contributed by atoms with Gasteiger partial charge < -0.3 is 10.6 Å². The van der Waals surface area contributed by atoms with Crippen LogP contribution in [0.25, 0.3) is 0 Å². The summed E-state index contributed by atoms with van der Waals surface area (Å²) in [5, 5.41) is 0.645. The lowest BCUT2D eigenvalue weighted by atomic mass is 9.96. The summed E-state index contributed by atoms with van der Waals surface area (Å²) < 4.78 is 0.856. The summed E-state index contributed by atoms with van der Waals surface area (Å²) in [5.41, 5.74) is 6.61. The summed E-state index contributed by atoms with van der Waals surface area (Å²) in [6, 6.07) is 5.66. The van der Waals surface area contributed by atoms with Gasteiger partial charge in [-0.05, 0) is 58.9 Å². The van der Waals surface area contributed by atoms with Gasteiger partial charge in [0.1, 0.15) is 0 Å². The summed E-state index contributed by atoms with van der Waals surface area (Å²) in [6.07, 6.45) is 2.45. The summed E-state index contributed by atoms with van der Waals surface area (Å²) in [4.78, 5) is 14.1. The van der Waals surface area contributed by atoms with Crippen LogP contribution < -0.4 is 5.73 Å². The molecule has 0 bridgehead atoms. The topological polar surface area (TPSA) is 46.3 Å². The van der Waals surface area contributed by atoms with E-state index >= 15 is 0 Å². The molecule has 1 aliphatic heterocycles. The average Bonchev–Trinajstić information content (AvgIpc) is 2.43. The van der Waals surface area contributed by atoms with Crippen LogP contribution in [0.5, 0.6) is 0 Å². The number of piperidine rings is 1. The minimum atomic E-state index is 0.175. The van der Waals surface area contributed by atoms with Crippen LogP contribution in [-0.4, -0.2) is 30.4 Å². The number of hydrogen-bond acceptors (Lipinski definition) is 2. The molecule has 1 aromatic carbocycles. The SMILES string of the molecule is NCC1CCN(C(=O)Cc2ccc(Br)c(Cl)c2)CC1. The lowest BCUT2D eigenvalue weighted by Gasteiger charge is -2.31. The number of hydrogen-bond donors (Lipinski definition) is 1. The zero-order valence-corrected chi connectivity index (χ0v) is 13.1. The van der Waals surface area contributed by atoms with Crippen molar-refractivity contribution in [2.24, 2.45) is 11.7 Å². The summed E-state index contributed by atoms with van der Waals surface area (Å²) in [6.45, 7) is 2.38. The number of halogens is 2. The van der Waals surface area contributed by atoms with Crippen LogP contribution in [0.3, 0.4) is 0 Å². The Bertz CT molecular complexity index is 459. The molecule has 5 heteroatoms. The molecule has 19 heavy (non-hydrogen) atoms. The third-order valence-corrected chi connectivity index (χ3v) is 4.87. The van der Waals surface area contributed by atoms with Crippen LogP contribution in [0.4, 0.5) is 0 Å². The van der Waals surface area contributed by atoms with E-state index in [1.165, 1.54) is 0 Å². The van der Waals surface area contributed by atoms with E-state index in [0.29, 0.717) is 17.4 Å². The van der Waals surface area contributed by atoms with E-state index in [9.17, 15) is 4.79 Å². The van der Waals surface area contributed by atoms with E-state index in [4.69, 9.17) is 17.3 Å². The molecule has 0 aliphatic carbocycles. The molecule has 3 nitrogen and oxygen atoms in total. The Labute approximate surface area is 127 Å². The molecule has 2 rings (SSSR count). The van der Waals surface area contributed by atoms with Crippen LogP contribution in [0.15, 0.2) is 22.7 Å². The standard InChI is InChI=1S/C14H18BrClN2O/c15-12-2-1-11(7-13(12)16)8-14(19)18-5-3-10(9-17)4-6-18/h1-2,7,10H,3-6,8-9,17H2. The zero-order valence-electron chi connectivity index (χ0n) is 10.7. The fourth-order valence-corrected chi connectivity index (χ4v) is 2.80. The molecule has 0 saturated carbocycles. The lowest BCUT2D eigenvalue weighted by molar-refractivity contribution is -0.131. The molecule has 1 saturated heterocycles. The van der Waals surface area contributed by atoms with Crippen molar-refractivity contribution in [2.45, 2.75) is 19.3 Å². The van der Waals surface area contributed by atoms with E-state index in [1.807, 2.05) is 23.1 Å². The predicted octanol–water partition coefficient (Wildman–Crippen LogP) is 2.84. The second-order valence-electron chi connectivity index (χ2n) is 4.99. The maximum absolute atomic E-state index is 12.2. The van der Waals surface area contributed by atoms with Crippen LogP contribution in [0.2, 0.25) is 5.02 Å². The van der Waals surface area contributed by atoms with E-state index in [1.54, 1.807) is 0 Å². The molecule has 0 atom stereocenters. The van der Waals surface area contributed by atoms with E-state index in [-0.39, 0.29) is 5.91 Å². The van der Waals surface area contributed by atoms with Crippen LogP contribution in [-0.2, 0) is 11.2 Å². The molecule has 0 unspecified atom stereocenters. The zero-order chi connectivity index (χ0) is 13.8. The Kier molecular flexibility index (Phi) is 5.25. The monoisotopic (exact) mass is 344 g/mol. The number of rotatable bonds is 3. The van der Waals surface area contributed by atoms with Crippen molar-refractivity contribution >= 4 is 33.4 Å². The first-order valence-electron chi connectivity index (χ1n) is 6.52. The van der Waals surface area contributed by atoms with Gasteiger partial charge in [-0.15, -0.1) is 0 Å². The normalized spacial score (nSPS) is 16.7. The highest BCUT2D eigenvalue weighted by molar-refractivity contribution is 9.10. The summed E-state index contributed by atoms with van der Waals surface area (Å²) in [7, 11) is 0. The van der Waals surface area contributed by atoms with Crippen molar-refractivity contribution in [1.82, 2.24) is 4.90 Å². The fraction of sp³-hybridized carbons (Fsp3) is 0.500. The molecule has 0 radical (unpaired) electrons. The molecule has 1 heterocycles. The van der Waals surface area contributed by atoms with Crippen molar-refractivity contribution in [3.05, 3.63) is 33.3 Å². The third-order valence-electron chi connectivity index (χ3n) is 3.64. The van der Waals surface area contributed by atoms with Gasteiger partial charge in [0.15, 0.2) is 0 Å². The molecule has 1 aliphatic rings. The number of amides is 1. The lowest BCUT2D eigenvalue weighted by Crippen LogP contribution is -2.40. The summed E-state index contributed by atoms with van der Waals surface area (Å²) in [5.74, 6) is 0.750. The van der Waals surface area contributed by atoms with Crippen LogP contribution >= 0.6 is 27.5 Å². The highest BCUT2D eigenvalue weighted by Crippen LogP contribution is 2.24. The van der Waals surface area contributed by atoms with Gasteiger partial charge >= 0.3 is 0 Å². The highest BCUT2D eigenvalue weighted by Gasteiger charge is 2.21. The maximum atomic E-state index is 12.2. The third kappa shape index (κ3) is 3.94. The van der Waals surface area contributed by atoms with Crippen molar-refractivity contribution < 1.29 is 4.79 Å². The molecule has 0 aromatic heterocycles. The van der Waals surface area contributed by atoms with Gasteiger partial charge in [-0.2, -0.15) is 0 Å². The Morgan fingerprint density at radius 2 is 2.11 bits per heavy atom. The fourth-order valence-electron chi connectivity index (χ4n) is 2.35. The largest absolute Gasteiger partial charge is 0.342 e. The van der Waals surface area contributed by atoms with E-state index in [0.717, 1.165) is 42.5 Å². The number of nitrogens with two attached hydrogens (primary N) is 1. The Morgan fingerprint density at radius 3 is 2.68 bits per heavy atom. The molecule has 1 amide bonds. The minimum absolute atomic E-state index is 0.175. The number of benzene rings is 1. The molecular formula is C14H18BrClN2O. The van der Waals surface area contributed by atoms with Crippen molar-refractivity contribution in [3.63, 3.8) is 0 Å². The number of nitrogens with zero attached hydrogens (tertiary/aromatic N) is 1. The highest BCUT2D eigenvalue weighted by atomic mass is 79.9. The van der Waals surface area contributed by atoms with Gasteiger partial charge in [0, 0.05) is 17.6 Å². The van der Waals surface area contributed by atoms with Gasteiger partial charge in [0.05, 0.1) is 11.4 Å². The quantitative estimate of drug-likeness (QED) is 0.915. The average molecular weight is 346 g/mol. The first-order chi connectivity index (χ1) is 9.10. The minimum Gasteiger partial charge on any atom is -0.342 e.